The van der Waals surface area contributed by atoms with E-state index in [2.05, 4.69) is 9.50 Å². The third kappa shape index (κ3) is 3.97. The minimum absolute atomic E-state index is 0.00270. The van der Waals surface area contributed by atoms with Crippen LogP contribution in [0.3, 0.4) is 0 Å². The lowest BCUT2D eigenvalue weighted by Crippen LogP contribution is -2.09. The van der Waals surface area contributed by atoms with Crippen molar-refractivity contribution in [2.45, 2.75) is 0 Å². The second-order valence-electron chi connectivity index (χ2n) is 3.01. The quantitative estimate of drug-likeness (QED) is 0.761. The van der Waals surface area contributed by atoms with Crippen LogP contribution in [-0.2, 0) is 18.8 Å². The third-order valence-electron chi connectivity index (χ3n) is 1.80. The first-order valence-electron chi connectivity index (χ1n) is 4.65. The van der Waals surface area contributed by atoms with Gasteiger partial charge in [0.05, 0.1) is 7.11 Å². The van der Waals surface area contributed by atoms with E-state index >= 15 is 0 Å². The van der Waals surface area contributed by atoms with E-state index in [1.165, 1.54) is 18.3 Å². The van der Waals surface area contributed by atoms with Gasteiger partial charge in [-0.1, -0.05) is 12.1 Å². The molecule has 0 saturated carbocycles. The molecule has 0 bridgehead atoms. The summed E-state index contributed by atoms with van der Waals surface area (Å²) in [7, 11) is -1.51. The molecule has 0 unspecified atom stereocenters. The molecule has 0 saturated heterocycles. The Labute approximate surface area is 99.8 Å². The van der Waals surface area contributed by atoms with Crippen molar-refractivity contribution in [1.29, 1.82) is 0 Å². The van der Waals surface area contributed by atoms with Gasteiger partial charge in [-0.3, -0.25) is 0 Å². The third-order valence-corrected chi connectivity index (χ3v) is 2.59. The van der Waals surface area contributed by atoms with Gasteiger partial charge in [0.1, 0.15) is 5.75 Å². The Morgan fingerprint density at radius 1 is 1.47 bits per heavy atom. The zero-order valence-electron chi connectivity index (χ0n) is 9.38. The molecule has 0 fully saturated rings. The molecule has 1 rings (SSSR count). The first-order chi connectivity index (χ1) is 7.98. The number of benzene rings is 1. The van der Waals surface area contributed by atoms with E-state index < -0.39 is 10.4 Å². The van der Waals surface area contributed by atoms with Crippen molar-refractivity contribution in [3.8, 4) is 5.75 Å². The van der Waals surface area contributed by atoms with Crippen LogP contribution in [-0.4, -0.2) is 27.7 Å². The molecule has 0 radical (unpaired) electrons. The van der Waals surface area contributed by atoms with Crippen molar-refractivity contribution >= 4 is 16.2 Å². The first kappa shape index (κ1) is 13.3. The number of phenols is 1. The van der Waals surface area contributed by atoms with Crippen molar-refractivity contribution < 1.29 is 21.9 Å². The number of phenolic OH excluding ortho intramolecular Hbond substituents is 1. The molecule has 0 amide bonds. The van der Waals surface area contributed by atoms with Gasteiger partial charge < -0.3 is 14.6 Å². The van der Waals surface area contributed by atoms with E-state index in [1.807, 2.05) is 0 Å². The molecule has 0 heterocycles. The molecule has 0 aromatic heterocycles. The van der Waals surface area contributed by atoms with Crippen molar-refractivity contribution in [3.63, 3.8) is 0 Å². The minimum Gasteiger partial charge on any atom is -0.508 e. The summed E-state index contributed by atoms with van der Waals surface area (Å²) in [6, 6.07) is 5.99. The summed E-state index contributed by atoms with van der Waals surface area (Å²) < 4.78 is 31.2. The van der Waals surface area contributed by atoms with Gasteiger partial charge in [-0.05, 0) is 12.1 Å². The summed E-state index contributed by atoms with van der Waals surface area (Å²) in [5, 5.41) is 11.9. The molecule has 1 aromatic carbocycles. The van der Waals surface area contributed by atoms with Crippen LogP contribution < -0.4 is 5.32 Å². The zero-order chi connectivity index (χ0) is 12.9. The van der Waals surface area contributed by atoms with E-state index in [0.29, 0.717) is 5.56 Å². The monoisotopic (exact) mass is 259 g/mol. The van der Waals surface area contributed by atoms with Gasteiger partial charge in [0.15, 0.2) is 5.76 Å². The predicted molar refractivity (Wildman–Crippen MR) is 62.2 cm³/mol. The number of hydrogen-bond acceptors (Lipinski definition) is 6. The van der Waals surface area contributed by atoms with Gasteiger partial charge in [-0.25, -0.2) is 4.18 Å². The topological polar surface area (TPSA) is 84.9 Å². The van der Waals surface area contributed by atoms with Gasteiger partial charge in [0.2, 0.25) is 0 Å². The van der Waals surface area contributed by atoms with Gasteiger partial charge >= 0.3 is 10.4 Å². The fraction of sp³-hybridized carbons (Fsp3) is 0.200. The Morgan fingerprint density at radius 2 is 2.18 bits per heavy atom. The molecule has 0 atom stereocenters. The van der Waals surface area contributed by atoms with Crippen molar-refractivity contribution in [3.05, 3.63) is 36.0 Å². The first-order valence-corrected chi connectivity index (χ1v) is 5.98. The normalized spacial score (nSPS) is 12.2. The highest BCUT2D eigenvalue weighted by atomic mass is 32.3. The molecule has 0 spiro atoms. The van der Waals surface area contributed by atoms with Crippen molar-refractivity contribution in [2.75, 3.05) is 14.2 Å². The van der Waals surface area contributed by atoms with Crippen LogP contribution in [0.5, 0.6) is 5.75 Å². The number of hydrogen-bond donors (Lipinski definition) is 2. The average molecular weight is 259 g/mol. The SMILES string of the molecule is CN/C=C(/OS(=O)(=O)OC)c1cccc(O)c1. The van der Waals surface area contributed by atoms with Crippen LogP contribution in [0.1, 0.15) is 5.56 Å². The molecule has 94 valence electrons. The Kier molecular flexibility index (Phi) is 4.36. The predicted octanol–water partition coefficient (Wildman–Crippen LogP) is 0.818. The molecule has 2 N–H and O–H groups in total. The molecular weight excluding hydrogens is 246 g/mol. The highest BCUT2D eigenvalue weighted by Gasteiger charge is 2.15. The molecule has 0 aliphatic carbocycles. The lowest BCUT2D eigenvalue weighted by atomic mass is 10.2. The number of nitrogens with one attached hydrogen (secondary N) is 1. The average Bonchev–Trinajstić information content (AvgIpc) is 2.28. The number of aromatic hydroxyl groups is 1. The molecular formula is C10H13NO5S. The fourth-order valence-corrected chi connectivity index (χ4v) is 1.52. The smallest absolute Gasteiger partial charge is 0.448 e. The Balaban J connectivity index is 3.07. The highest BCUT2D eigenvalue weighted by Crippen LogP contribution is 2.21. The Bertz CT molecular complexity index is 509. The van der Waals surface area contributed by atoms with Gasteiger partial charge in [-0.2, -0.15) is 8.42 Å². The van der Waals surface area contributed by atoms with E-state index in [9.17, 15) is 13.5 Å². The molecule has 17 heavy (non-hydrogen) atoms. The van der Waals surface area contributed by atoms with Crippen LogP contribution in [0, 0.1) is 0 Å². The maximum Gasteiger partial charge on any atom is 0.448 e. The maximum atomic E-state index is 11.2. The van der Waals surface area contributed by atoms with Crippen LogP contribution >= 0.6 is 0 Å². The molecule has 0 aliphatic heterocycles. The summed E-state index contributed by atoms with van der Waals surface area (Å²) in [5.41, 5.74) is 0.403. The zero-order valence-corrected chi connectivity index (χ0v) is 10.2. The molecule has 7 heteroatoms. The second kappa shape index (κ2) is 5.55. The van der Waals surface area contributed by atoms with Crippen LogP contribution in [0.2, 0.25) is 0 Å². The Morgan fingerprint density at radius 3 is 2.71 bits per heavy atom. The van der Waals surface area contributed by atoms with E-state index in [-0.39, 0.29) is 11.5 Å². The van der Waals surface area contributed by atoms with E-state index in [0.717, 1.165) is 7.11 Å². The lowest BCUT2D eigenvalue weighted by Gasteiger charge is -2.09. The second-order valence-corrected chi connectivity index (χ2v) is 4.32. The van der Waals surface area contributed by atoms with Gasteiger partial charge in [-0.15, -0.1) is 0 Å². The minimum atomic E-state index is -4.09. The lowest BCUT2D eigenvalue weighted by molar-refractivity contribution is 0.317. The van der Waals surface area contributed by atoms with E-state index in [1.54, 1.807) is 19.2 Å². The molecule has 6 nitrogen and oxygen atoms in total. The summed E-state index contributed by atoms with van der Waals surface area (Å²) in [5.74, 6) is 0.0215. The Hall–Kier alpha value is -1.73. The highest BCUT2D eigenvalue weighted by molar-refractivity contribution is 7.82. The van der Waals surface area contributed by atoms with Gasteiger partial charge in [0, 0.05) is 18.8 Å². The molecule has 0 aliphatic rings. The van der Waals surface area contributed by atoms with Crippen molar-refractivity contribution in [2.24, 2.45) is 0 Å². The van der Waals surface area contributed by atoms with Crippen LogP contribution in [0.4, 0.5) is 0 Å². The maximum absolute atomic E-state index is 11.2. The van der Waals surface area contributed by atoms with E-state index in [4.69, 9.17) is 4.18 Å². The molecule has 1 aromatic rings. The fourth-order valence-electron chi connectivity index (χ4n) is 1.09. The summed E-state index contributed by atoms with van der Waals surface area (Å²) >= 11 is 0. The van der Waals surface area contributed by atoms with Crippen LogP contribution in [0.25, 0.3) is 5.76 Å². The summed E-state index contributed by atoms with van der Waals surface area (Å²) in [4.78, 5) is 0. The summed E-state index contributed by atoms with van der Waals surface area (Å²) in [6.07, 6.45) is 1.34. The largest absolute Gasteiger partial charge is 0.508 e. The number of rotatable bonds is 5. The van der Waals surface area contributed by atoms with Gasteiger partial charge in [0.25, 0.3) is 0 Å². The van der Waals surface area contributed by atoms with Crippen LogP contribution in [0.15, 0.2) is 30.5 Å². The standard InChI is InChI=1S/C10H13NO5S/c1-11-7-10(16-17(13,14)15-2)8-4-3-5-9(12)6-8/h3-7,11-12H,1-2H3/b10-7+. The van der Waals surface area contributed by atoms with Crippen molar-refractivity contribution in [1.82, 2.24) is 5.32 Å². The summed E-state index contributed by atoms with van der Waals surface area (Å²) in [6.45, 7) is 0.